The van der Waals surface area contributed by atoms with E-state index in [1.54, 1.807) is 11.6 Å². The van der Waals surface area contributed by atoms with Crippen LogP contribution in [0.1, 0.15) is 16.6 Å². The van der Waals surface area contributed by atoms with Crippen molar-refractivity contribution in [2.45, 2.75) is 24.5 Å². The van der Waals surface area contributed by atoms with Crippen molar-refractivity contribution in [3.8, 4) is 22.1 Å². The summed E-state index contributed by atoms with van der Waals surface area (Å²) in [6.07, 6.45) is 2.89. The van der Waals surface area contributed by atoms with Gasteiger partial charge in [0.15, 0.2) is 29.2 Å². The maximum absolute atomic E-state index is 12.6. The van der Waals surface area contributed by atoms with Gasteiger partial charge in [-0.25, -0.2) is 19.9 Å². The van der Waals surface area contributed by atoms with Gasteiger partial charge in [-0.1, -0.05) is 12.2 Å². The predicted octanol–water partition coefficient (Wildman–Crippen LogP) is 0.549. The van der Waals surface area contributed by atoms with Crippen LogP contribution in [0, 0.1) is 0 Å². The van der Waals surface area contributed by atoms with Gasteiger partial charge in [-0.05, 0) is 12.1 Å². The third kappa shape index (κ3) is 4.22. The number of phenols is 2. The molecule has 14 heteroatoms. The zero-order chi connectivity index (χ0) is 25.4. The zero-order valence-corrected chi connectivity index (χ0v) is 19.3. The topological polar surface area (TPSA) is 202 Å². The van der Waals surface area contributed by atoms with Gasteiger partial charge in [0.25, 0.3) is 5.91 Å². The molecule has 1 aliphatic heterocycles. The molecule has 1 amide bonds. The van der Waals surface area contributed by atoms with Crippen molar-refractivity contribution in [3.05, 3.63) is 54.1 Å². The Morgan fingerprint density at radius 2 is 2.03 bits per heavy atom. The molecule has 0 radical (unpaired) electrons. The molecule has 1 saturated heterocycles. The molecule has 1 aromatic carbocycles. The molecule has 0 spiro atoms. The number of rotatable bonds is 6. The molecule has 3 aromatic heterocycles. The summed E-state index contributed by atoms with van der Waals surface area (Å²) in [5, 5.41) is 46.1. The van der Waals surface area contributed by atoms with Crippen molar-refractivity contribution in [2.24, 2.45) is 0 Å². The average molecular weight is 512 g/mol. The number of benzene rings is 1. The highest BCUT2D eigenvalue weighted by Crippen LogP contribution is 2.35. The van der Waals surface area contributed by atoms with Gasteiger partial charge in [-0.3, -0.25) is 9.36 Å². The van der Waals surface area contributed by atoms with Crippen LogP contribution in [0.4, 0.5) is 5.82 Å². The lowest BCUT2D eigenvalue weighted by Gasteiger charge is -2.16. The van der Waals surface area contributed by atoms with Gasteiger partial charge >= 0.3 is 0 Å². The minimum atomic E-state index is -1.28. The molecule has 4 aromatic rings. The van der Waals surface area contributed by atoms with E-state index in [2.05, 4.69) is 25.3 Å². The highest BCUT2D eigenvalue weighted by molar-refractivity contribution is 7.13. The van der Waals surface area contributed by atoms with Gasteiger partial charge < -0.3 is 36.2 Å². The molecule has 13 nitrogen and oxygen atoms in total. The van der Waals surface area contributed by atoms with E-state index in [4.69, 9.17) is 10.5 Å². The van der Waals surface area contributed by atoms with Crippen LogP contribution in [0.25, 0.3) is 21.7 Å². The van der Waals surface area contributed by atoms with Crippen molar-refractivity contribution in [1.29, 1.82) is 0 Å². The summed E-state index contributed by atoms with van der Waals surface area (Å²) in [5.74, 6) is -1.44. The predicted molar refractivity (Wildman–Crippen MR) is 128 cm³/mol. The SMILES string of the molecule is Nc1ncnc2c1ncn2[C@@H]1O[C@H](/C=C/CNC(=O)c2cc(-c3nccs3)cc(O)c2O)[C@H](O)C1O. The van der Waals surface area contributed by atoms with Gasteiger partial charge in [0.05, 0.1) is 11.9 Å². The number of nitrogen functional groups attached to an aromatic ring is 1. The summed E-state index contributed by atoms with van der Waals surface area (Å²) in [5.41, 5.74) is 6.86. The first-order valence-corrected chi connectivity index (χ1v) is 11.6. The highest BCUT2D eigenvalue weighted by atomic mass is 32.1. The van der Waals surface area contributed by atoms with Crippen molar-refractivity contribution in [2.75, 3.05) is 12.3 Å². The molecule has 186 valence electrons. The number of nitrogens with zero attached hydrogens (tertiary/aromatic N) is 5. The van der Waals surface area contributed by atoms with E-state index in [-0.39, 0.29) is 17.9 Å². The fraction of sp³-hybridized carbons (Fsp3) is 0.227. The van der Waals surface area contributed by atoms with Crippen LogP contribution >= 0.6 is 11.3 Å². The standard InChI is InChI=1S/C22H21N7O6S/c23-18-14-19(27-8-26-18)29(9-28-14)22-17(33)16(32)13(35-22)2-1-3-24-20(34)11-6-10(7-12(30)15(11)31)21-25-4-5-36-21/h1-2,4-9,13,16-17,22,30-33H,3H2,(H,24,34)(H2,23,26,27)/b2-1+/t13-,16+,17?,22-/m1/s1. The van der Waals surface area contributed by atoms with Crippen LogP contribution in [0.2, 0.25) is 0 Å². The van der Waals surface area contributed by atoms with Crippen molar-refractivity contribution in [1.82, 2.24) is 29.8 Å². The largest absolute Gasteiger partial charge is 0.504 e. The lowest BCUT2D eigenvalue weighted by Crippen LogP contribution is -2.31. The minimum Gasteiger partial charge on any atom is -0.504 e. The van der Waals surface area contributed by atoms with Crippen LogP contribution in [0.5, 0.6) is 11.5 Å². The summed E-state index contributed by atoms with van der Waals surface area (Å²) in [7, 11) is 0. The Labute approximate surface area is 207 Å². The number of fused-ring (bicyclic) bond motifs is 1. The molecular formula is C22H21N7O6S. The average Bonchev–Trinajstić information content (AvgIpc) is 3.60. The first-order valence-electron chi connectivity index (χ1n) is 10.7. The lowest BCUT2D eigenvalue weighted by molar-refractivity contribution is -0.0245. The van der Waals surface area contributed by atoms with E-state index in [1.807, 2.05) is 0 Å². The highest BCUT2D eigenvalue weighted by Gasteiger charge is 2.43. The van der Waals surface area contributed by atoms with E-state index < -0.39 is 41.9 Å². The fourth-order valence-corrected chi connectivity index (χ4v) is 4.49. The van der Waals surface area contributed by atoms with Crippen LogP contribution in [-0.4, -0.2) is 75.7 Å². The summed E-state index contributed by atoms with van der Waals surface area (Å²) in [6, 6.07) is 2.76. The minimum absolute atomic E-state index is 0.0195. The second-order valence-electron chi connectivity index (χ2n) is 7.92. The number of nitrogens with one attached hydrogen (secondary N) is 1. The van der Waals surface area contributed by atoms with Gasteiger partial charge in [0, 0.05) is 23.7 Å². The van der Waals surface area contributed by atoms with Crippen molar-refractivity contribution >= 4 is 34.2 Å². The van der Waals surface area contributed by atoms with E-state index in [0.717, 1.165) is 0 Å². The van der Waals surface area contributed by atoms with Crippen molar-refractivity contribution in [3.63, 3.8) is 0 Å². The number of aliphatic hydroxyl groups is 2. The number of carbonyl (C=O) groups excluding carboxylic acids is 1. The summed E-state index contributed by atoms with van der Waals surface area (Å²) in [6.45, 7) is 0.0195. The Hall–Kier alpha value is -4.11. The molecule has 1 unspecified atom stereocenters. The number of aromatic hydroxyl groups is 2. The van der Waals surface area contributed by atoms with Gasteiger partial charge in [-0.2, -0.15) is 0 Å². The normalized spacial score (nSPS) is 21.9. The Morgan fingerprint density at radius 1 is 1.19 bits per heavy atom. The molecule has 7 N–H and O–H groups in total. The molecular weight excluding hydrogens is 490 g/mol. The Morgan fingerprint density at radius 3 is 2.81 bits per heavy atom. The number of aromatic nitrogens is 5. The number of hydrogen-bond donors (Lipinski definition) is 6. The number of phenolic OH excluding ortho intramolecular Hbond substituents is 2. The summed E-state index contributed by atoms with van der Waals surface area (Å²) < 4.78 is 7.27. The van der Waals surface area contributed by atoms with Gasteiger partial charge in [0.1, 0.15) is 35.2 Å². The van der Waals surface area contributed by atoms with Crippen LogP contribution in [0.15, 0.2) is 48.5 Å². The fourth-order valence-electron chi connectivity index (χ4n) is 3.86. The van der Waals surface area contributed by atoms with E-state index in [9.17, 15) is 25.2 Å². The monoisotopic (exact) mass is 511 g/mol. The molecule has 1 aliphatic rings. The lowest BCUT2D eigenvalue weighted by atomic mass is 10.1. The molecule has 5 rings (SSSR count). The van der Waals surface area contributed by atoms with Crippen molar-refractivity contribution < 1.29 is 30.0 Å². The quantitative estimate of drug-likeness (QED) is 0.156. The maximum Gasteiger partial charge on any atom is 0.255 e. The third-order valence-corrected chi connectivity index (χ3v) is 6.48. The van der Waals surface area contributed by atoms with Crippen LogP contribution < -0.4 is 11.1 Å². The Balaban J connectivity index is 1.25. The number of amides is 1. The second kappa shape index (κ2) is 9.50. The van der Waals surface area contributed by atoms with E-state index in [1.165, 1.54) is 52.8 Å². The molecule has 36 heavy (non-hydrogen) atoms. The molecule has 1 fully saturated rings. The van der Waals surface area contributed by atoms with Gasteiger partial charge in [-0.15, -0.1) is 11.3 Å². The molecule has 4 heterocycles. The second-order valence-corrected chi connectivity index (χ2v) is 8.82. The number of aliphatic hydroxyl groups excluding tert-OH is 2. The van der Waals surface area contributed by atoms with Crippen LogP contribution in [-0.2, 0) is 4.74 Å². The molecule has 0 saturated carbocycles. The number of imidazole rings is 1. The van der Waals surface area contributed by atoms with E-state index >= 15 is 0 Å². The van der Waals surface area contributed by atoms with Gasteiger partial charge in [0.2, 0.25) is 0 Å². The zero-order valence-electron chi connectivity index (χ0n) is 18.5. The summed E-state index contributed by atoms with van der Waals surface area (Å²) in [4.78, 5) is 28.9. The number of hydrogen-bond acceptors (Lipinski definition) is 12. The molecule has 0 aliphatic carbocycles. The number of anilines is 1. The summed E-state index contributed by atoms with van der Waals surface area (Å²) >= 11 is 1.32. The smallest absolute Gasteiger partial charge is 0.255 e. The molecule has 4 atom stereocenters. The Bertz CT molecular complexity index is 1440. The third-order valence-electron chi connectivity index (χ3n) is 5.66. The Kier molecular flexibility index (Phi) is 6.24. The number of ether oxygens (including phenoxy) is 1. The number of carbonyl (C=O) groups is 1. The van der Waals surface area contributed by atoms with E-state index in [0.29, 0.717) is 21.7 Å². The first kappa shape index (κ1) is 23.6. The number of thiazole rings is 1. The number of nitrogens with two attached hydrogens (primary N) is 1. The first-order chi connectivity index (χ1) is 17.3. The molecule has 0 bridgehead atoms. The van der Waals surface area contributed by atoms with Crippen LogP contribution in [0.3, 0.4) is 0 Å². The maximum atomic E-state index is 12.6.